The lowest BCUT2D eigenvalue weighted by molar-refractivity contribution is -0.151. The van der Waals surface area contributed by atoms with Crippen LogP contribution in [-0.4, -0.2) is 41.6 Å². The lowest BCUT2D eigenvalue weighted by Gasteiger charge is -2.27. The van der Waals surface area contributed by atoms with Gasteiger partial charge in [-0.25, -0.2) is 14.5 Å². The van der Waals surface area contributed by atoms with Crippen molar-refractivity contribution in [3.05, 3.63) is 0 Å². The SMILES string of the molecule is CCOC(=O)C(CC)N(C=O)C(=O)OC(C)(C)C. The van der Waals surface area contributed by atoms with Crippen LogP contribution in [0.1, 0.15) is 41.0 Å². The number of nitrogens with zero attached hydrogens (tertiary/aromatic N) is 1. The van der Waals surface area contributed by atoms with E-state index in [2.05, 4.69) is 0 Å². The molecule has 1 atom stereocenters. The largest absolute Gasteiger partial charge is 0.464 e. The van der Waals surface area contributed by atoms with E-state index in [4.69, 9.17) is 9.47 Å². The molecule has 18 heavy (non-hydrogen) atoms. The van der Waals surface area contributed by atoms with Crippen molar-refractivity contribution in [3.8, 4) is 0 Å². The monoisotopic (exact) mass is 259 g/mol. The molecule has 0 aromatic carbocycles. The average molecular weight is 259 g/mol. The summed E-state index contributed by atoms with van der Waals surface area (Å²) in [6, 6.07) is -0.947. The minimum Gasteiger partial charge on any atom is -0.464 e. The van der Waals surface area contributed by atoms with Gasteiger partial charge in [0.2, 0.25) is 6.41 Å². The molecule has 0 aliphatic rings. The topological polar surface area (TPSA) is 72.9 Å². The zero-order chi connectivity index (χ0) is 14.3. The number of ether oxygens (including phenoxy) is 2. The van der Waals surface area contributed by atoms with Crippen molar-refractivity contribution in [2.45, 2.75) is 52.7 Å². The summed E-state index contributed by atoms with van der Waals surface area (Å²) in [5.41, 5.74) is -0.731. The molecule has 0 spiro atoms. The van der Waals surface area contributed by atoms with Crippen LogP contribution in [-0.2, 0) is 19.1 Å². The predicted molar refractivity (Wildman–Crippen MR) is 64.8 cm³/mol. The van der Waals surface area contributed by atoms with E-state index in [9.17, 15) is 14.4 Å². The number of carbonyl (C=O) groups is 3. The third-order valence-corrected chi connectivity index (χ3v) is 2.00. The normalized spacial score (nSPS) is 12.5. The maximum Gasteiger partial charge on any atom is 0.417 e. The summed E-state index contributed by atoms with van der Waals surface area (Å²) < 4.78 is 9.86. The van der Waals surface area contributed by atoms with E-state index in [0.717, 1.165) is 4.90 Å². The molecular weight excluding hydrogens is 238 g/mol. The summed E-state index contributed by atoms with van der Waals surface area (Å²) in [6.07, 6.45) is -0.284. The highest BCUT2D eigenvalue weighted by molar-refractivity contribution is 5.88. The third-order valence-electron chi connectivity index (χ3n) is 2.00. The molecule has 0 saturated carbocycles. The van der Waals surface area contributed by atoms with Gasteiger partial charge in [-0.2, -0.15) is 0 Å². The number of carbonyl (C=O) groups excluding carboxylic acids is 3. The molecule has 0 N–H and O–H groups in total. The summed E-state index contributed by atoms with van der Waals surface area (Å²) in [5, 5.41) is 0. The van der Waals surface area contributed by atoms with Crippen molar-refractivity contribution in [1.82, 2.24) is 4.90 Å². The molecule has 6 heteroatoms. The van der Waals surface area contributed by atoms with Crippen LogP contribution in [0.15, 0.2) is 0 Å². The van der Waals surface area contributed by atoms with Crippen molar-refractivity contribution in [2.24, 2.45) is 0 Å². The highest BCUT2D eigenvalue weighted by Gasteiger charge is 2.32. The van der Waals surface area contributed by atoms with Crippen LogP contribution < -0.4 is 0 Å². The van der Waals surface area contributed by atoms with Gasteiger partial charge < -0.3 is 9.47 Å². The summed E-state index contributed by atoms with van der Waals surface area (Å²) in [4.78, 5) is 35.1. The van der Waals surface area contributed by atoms with Gasteiger partial charge in [0, 0.05) is 0 Å². The van der Waals surface area contributed by atoms with Gasteiger partial charge in [0.15, 0.2) is 0 Å². The summed E-state index contributed by atoms with van der Waals surface area (Å²) in [7, 11) is 0. The molecule has 2 amide bonds. The van der Waals surface area contributed by atoms with Crippen LogP contribution >= 0.6 is 0 Å². The van der Waals surface area contributed by atoms with Crippen molar-refractivity contribution in [3.63, 3.8) is 0 Å². The van der Waals surface area contributed by atoms with Crippen molar-refractivity contribution < 1.29 is 23.9 Å². The van der Waals surface area contributed by atoms with Gasteiger partial charge in [-0.15, -0.1) is 0 Å². The quantitative estimate of drug-likeness (QED) is 0.555. The molecule has 0 heterocycles. The first-order chi connectivity index (χ1) is 8.26. The maximum absolute atomic E-state index is 11.8. The first-order valence-corrected chi connectivity index (χ1v) is 5.90. The first-order valence-electron chi connectivity index (χ1n) is 5.90. The van der Waals surface area contributed by atoms with Crippen LogP contribution in [0, 0.1) is 0 Å². The highest BCUT2D eigenvalue weighted by Crippen LogP contribution is 2.13. The Morgan fingerprint density at radius 3 is 2.17 bits per heavy atom. The van der Waals surface area contributed by atoms with Gasteiger partial charge in [-0.05, 0) is 34.1 Å². The molecule has 0 saturated heterocycles. The van der Waals surface area contributed by atoms with Gasteiger partial charge >= 0.3 is 12.1 Å². The van der Waals surface area contributed by atoms with E-state index in [-0.39, 0.29) is 13.0 Å². The smallest absolute Gasteiger partial charge is 0.417 e. The van der Waals surface area contributed by atoms with E-state index in [0.29, 0.717) is 6.41 Å². The summed E-state index contributed by atoms with van der Waals surface area (Å²) in [6.45, 7) is 8.57. The van der Waals surface area contributed by atoms with Crippen molar-refractivity contribution in [2.75, 3.05) is 6.61 Å². The Kier molecular flexibility index (Phi) is 6.36. The third kappa shape index (κ3) is 5.16. The van der Waals surface area contributed by atoms with Gasteiger partial charge in [-0.1, -0.05) is 6.92 Å². The Hall–Kier alpha value is -1.59. The summed E-state index contributed by atoms with van der Waals surface area (Å²) in [5.74, 6) is -0.613. The highest BCUT2D eigenvalue weighted by atomic mass is 16.6. The number of imide groups is 1. The number of amides is 2. The van der Waals surface area contributed by atoms with Gasteiger partial charge in [0.25, 0.3) is 0 Å². The van der Waals surface area contributed by atoms with Crippen LogP contribution in [0.2, 0.25) is 0 Å². The Bertz CT molecular complexity index is 308. The average Bonchev–Trinajstić information content (AvgIpc) is 2.22. The van der Waals surface area contributed by atoms with Crippen LogP contribution in [0.5, 0.6) is 0 Å². The zero-order valence-electron chi connectivity index (χ0n) is 11.6. The Labute approximate surface area is 107 Å². The minimum absolute atomic E-state index is 0.191. The number of hydrogen-bond donors (Lipinski definition) is 0. The first kappa shape index (κ1) is 16.4. The standard InChI is InChI=1S/C12H21NO5/c1-6-9(10(15)17-7-2)13(8-14)11(16)18-12(3,4)5/h8-9H,6-7H2,1-5H3. The van der Waals surface area contributed by atoms with Crippen LogP contribution in [0.25, 0.3) is 0 Å². The zero-order valence-corrected chi connectivity index (χ0v) is 11.6. The minimum atomic E-state index is -0.947. The van der Waals surface area contributed by atoms with E-state index >= 15 is 0 Å². The lowest BCUT2D eigenvalue weighted by Crippen LogP contribution is -2.46. The molecule has 0 aromatic heterocycles. The van der Waals surface area contributed by atoms with E-state index in [1.807, 2.05) is 0 Å². The second kappa shape index (κ2) is 6.98. The second-order valence-electron chi connectivity index (χ2n) is 4.67. The van der Waals surface area contributed by atoms with Crippen molar-refractivity contribution in [1.29, 1.82) is 0 Å². The van der Waals surface area contributed by atoms with Gasteiger partial charge in [-0.3, -0.25) is 4.79 Å². The number of hydrogen-bond acceptors (Lipinski definition) is 5. The van der Waals surface area contributed by atoms with Gasteiger partial charge in [0.1, 0.15) is 11.6 Å². The van der Waals surface area contributed by atoms with Crippen LogP contribution in [0.4, 0.5) is 4.79 Å². The van der Waals surface area contributed by atoms with E-state index in [1.165, 1.54) is 0 Å². The second-order valence-corrected chi connectivity index (χ2v) is 4.67. The fourth-order valence-electron chi connectivity index (χ4n) is 1.27. The molecule has 0 aromatic rings. The molecule has 0 rings (SSSR count). The molecule has 0 radical (unpaired) electrons. The van der Waals surface area contributed by atoms with Crippen molar-refractivity contribution >= 4 is 18.5 Å². The fourth-order valence-corrected chi connectivity index (χ4v) is 1.27. The molecular formula is C12H21NO5. The lowest BCUT2D eigenvalue weighted by atomic mass is 10.2. The molecule has 0 aliphatic heterocycles. The Morgan fingerprint density at radius 2 is 1.83 bits per heavy atom. The Morgan fingerprint density at radius 1 is 1.28 bits per heavy atom. The molecule has 0 bridgehead atoms. The molecule has 0 fully saturated rings. The van der Waals surface area contributed by atoms with E-state index in [1.54, 1.807) is 34.6 Å². The Balaban J connectivity index is 4.87. The maximum atomic E-state index is 11.8. The van der Waals surface area contributed by atoms with Crippen LogP contribution in [0.3, 0.4) is 0 Å². The molecule has 1 unspecified atom stereocenters. The summed E-state index contributed by atoms with van der Waals surface area (Å²) >= 11 is 0. The molecule has 0 aliphatic carbocycles. The number of esters is 1. The number of rotatable bonds is 5. The molecule has 6 nitrogen and oxygen atoms in total. The van der Waals surface area contributed by atoms with Gasteiger partial charge in [0.05, 0.1) is 6.61 Å². The predicted octanol–water partition coefficient (Wildman–Crippen LogP) is 1.72. The van der Waals surface area contributed by atoms with E-state index < -0.39 is 23.7 Å². The molecule has 104 valence electrons. The fraction of sp³-hybridized carbons (Fsp3) is 0.750.